The van der Waals surface area contributed by atoms with Crippen LogP contribution in [0.4, 0.5) is 5.69 Å². The molecule has 1 heterocycles. The molecule has 180 valence electrons. The van der Waals surface area contributed by atoms with E-state index in [-0.39, 0.29) is 5.91 Å². The standard InChI is InChI=1S/C25H35N3O4S/c1-5-24(28(33(4,30)31)23-15-19(2)14-20(3)16-23)25(29)26-17-21-6-8-22(9-7-21)18-27-10-12-32-13-11-27/h6-9,14-16,24H,5,10-13,17-18H2,1-4H3,(H,26,29)/t24-/m0/s1. The number of rotatable bonds is 9. The molecule has 1 atom stereocenters. The number of hydrogen-bond acceptors (Lipinski definition) is 5. The first-order chi connectivity index (χ1) is 15.7. The van der Waals surface area contributed by atoms with Crippen molar-refractivity contribution in [3.05, 3.63) is 64.7 Å². The summed E-state index contributed by atoms with van der Waals surface area (Å²) in [5.74, 6) is -0.306. The van der Waals surface area contributed by atoms with Gasteiger partial charge in [0.15, 0.2) is 0 Å². The van der Waals surface area contributed by atoms with Crippen LogP contribution in [0.2, 0.25) is 0 Å². The van der Waals surface area contributed by atoms with E-state index in [2.05, 4.69) is 22.3 Å². The fraction of sp³-hybridized carbons (Fsp3) is 0.480. The minimum Gasteiger partial charge on any atom is -0.379 e. The van der Waals surface area contributed by atoms with Crippen LogP contribution in [0.25, 0.3) is 0 Å². The zero-order chi connectivity index (χ0) is 24.0. The Hall–Kier alpha value is -2.42. The summed E-state index contributed by atoms with van der Waals surface area (Å²) in [5, 5.41) is 2.93. The summed E-state index contributed by atoms with van der Waals surface area (Å²) in [7, 11) is -3.65. The van der Waals surface area contributed by atoms with Crippen molar-refractivity contribution >= 4 is 21.6 Å². The fourth-order valence-corrected chi connectivity index (χ4v) is 5.42. The summed E-state index contributed by atoms with van der Waals surface area (Å²) >= 11 is 0. The maximum atomic E-state index is 13.1. The minimum atomic E-state index is -3.65. The molecular formula is C25H35N3O4S. The van der Waals surface area contributed by atoms with E-state index in [1.807, 2.05) is 39.0 Å². The van der Waals surface area contributed by atoms with E-state index < -0.39 is 16.1 Å². The zero-order valence-electron chi connectivity index (χ0n) is 20.0. The molecule has 0 saturated carbocycles. The first-order valence-electron chi connectivity index (χ1n) is 11.4. The topological polar surface area (TPSA) is 79.0 Å². The zero-order valence-corrected chi connectivity index (χ0v) is 20.8. The van der Waals surface area contributed by atoms with Crippen LogP contribution in [-0.4, -0.2) is 57.8 Å². The molecule has 1 amide bonds. The van der Waals surface area contributed by atoms with Gasteiger partial charge in [-0.25, -0.2) is 8.42 Å². The molecule has 2 aromatic rings. The van der Waals surface area contributed by atoms with E-state index in [9.17, 15) is 13.2 Å². The van der Waals surface area contributed by atoms with Gasteiger partial charge in [0.05, 0.1) is 25.2 Å². The van der Waals surface area contributed by atoms with Crippen molar-refractivity contribution in [1.29, 1.82) is 0 Å². The minimum absolute atomic E-state index is 0.306. The number of nitrogens with zero attached hydrogens (tertiary/aromatic N) is 2. The molecule has 8 heteroatoms. The summed E-state index contributed by atoms with van der Waals surface area (Å²) in [5.41, 5.74) is 4.61. The van der Waals surface area contributed by atoms with E-state index in [1.54, 1.807) is 12.1 Å². The van der Waals surface area contributed by atoms with Gasteiger partial charge in [0, 0.05) is 26.2 Å². The maximum Gasteiger partial charge on any atom is 0.244 e. The Labute approximate surface area is 197 Å². The highest BCUT2D eigenvalue weighted by molar-refractivity contribution is 7.92. The molecule has 1 saturated heterocycles. The first kappa shape index (κ1) is 25.2. The van der Waals surface area contributed by atoms with Crippen molar-refractivity contribution in [2.45, 2.75) is 46.3 Å². The lowest BCUT2D eigenvalue weighted by Crippen LogP contribution is -2.49. The number of carbonyl (C=O) groups excluding carboxylic acids is 1. The molecular weight excluding hydrogens is 438 g/mol. The third-order valence-corrected chi connectivity index (χ3v) is 6.97. The van der Waals surface area contributed by atoms with Crippen LogP contribution in [0.1, 0.15) is 35.6 Å². The summed E-state index contributed by atoms with van der Waals surface area (Å²) in [6.07, 6.45) is 1.51. The number of hydrogen-bond donors (Lipinski definition) is 1. The van der Waals surface area contributed by atoms with Gasteiger partial charge in [-0.3, -0.25) is 14.0 Å². The third-order valence-electron chi connectivity index (χ3n) is 5.79. The summed E-state index contributed by atoms with van der Waals surface area (Å²) in [4.78, 5) is 15.4. The molecule has 1 aliphatic rings. The van der Waals surface area contributed by atoms with Crippen molar-refractivity contribution in [2.24, 2.45) is 0 Å². The molecule has 0 unspecified atom stereocenters. The van der Waals surface area contributed by atoms with Crippen LogP contribution >= 0.6 is 0 Å². The fourth-order valence-electron chi connectivity index (χ4n) is 4.23. The highest BCUT2D eigenvalue weighted by Crippen LogP contribution is 2.25. The Bertz CT molecular complexity index is 1030. The Morgan fingerprint density at radius 3 is 2.18 bits per heavy atom. The number of nitrogens with one attached hydrogen (secondary N) is 1. The second-order valence-corrected chi connectivity index (χ2v) is 10.6. The summed E-state index contributed by atoms with van der Waals surface area (Å²) in [6.45, 7) is 10.3. The number of morpholine rings is 1. The van der Waals surface area contributed by atoms with Gasteiger partial charge in [0.1, 0.15) is 6.04 Å². The van der Waals surface area contributed by atoms with E-state index in [1.165, 1.54) is 9.87 Å². The predicted octanol–water partition coefficient (Wildman–Crippen LogP) is 3.00. The number of ether oxygens (including phenoxy) is 1. The number of carbonyl (C=O) groups is 1. The van der Waals surface area contributed by atoms with Crippen LogP contribution in [0.5, 0.6) is 0 Å². The lowest BCUT2D eigenvalue weighted by atomic mass is 10.1. The van der Waals surface area contributed by atoms with Crippen molar-refractivity contribution in [3.8, 4) is 0 Å². The molecule has 1 N–H and O–H groups in total. The smallest absolute Gasteiger partial charge is 0.244 e. The molecule has 3 rings (SSSR count). The Morgan fingerprint density at radius 1 is 1.06 bits per heavy atom. The van der Waals surface area contributed by atoms with E-state index >= 15 is 0 Å². The normalized spacial score (nSPS) is 15.8. The summed E-state index contributed by atoms with van der Waals surface area (Å²) in [6, 6.07) is 12.9. The largest absolute Gasteiger partial charge is 0.379 e. The van der Waals surface area contributed by atoms with Gasteiger partial charge < -0.3 is 10.1 Å². The monoisotopic (exact) mass is 473 g/mol. The van der Waals surface area contributed by atoms with Crippen LogP contribution in [0.3, 0.4) is 0 Å². The van der Waals surface area contributed by atoms with Gasteiger partial charge >= 0.3 is 0 Å². The van der Waals surface area contributed by atoms with Crippen molar-refractivity contribution in [2.75, 3.05) is 36.9 Å². The predicted molar refractivity (Wildman–Crippen MR) is 132 cm³/mol. The van der Waals surface area contributed by atoms with Gasteiger partial charge in [-0.15, -0.1) is 0 Å². The van der Waals surface area contributed by atoms with Crippen molar-refractivity contribution in [1.82, 2.24) is 10.2 Å². The maximum absolute atomic E-state index is 13.1. The molecule has 0 aromatic heterocycles. The molecule has 2 aromatic carbocycles. The average Bonchev–Trinajstić information content (AvgIpc) is 2.75. The van der Waals surface area contributed by atoms with E-state index in [4.69, 9.17) is 4.74 Å². The Morgan fingerprint density at radius 2 is 1.64 bits per heavy atom. The molecule has 33 heavy (non-hydrogen) atoms. The number of benzene rings is 2. The van der Waals surface area contributed by atoms with Gasteiger partial charge in [0.25, 0.3) is 0 Å². The molecule has 7 nitrogen and oxygen atoms in total. The van der Waals surface area contributed by atoms with E-state index in [0.29, 0.717) is 18.7 Å². The third kappa shape index (κ3) is 7.03. The second-order valence-electron chi connectivity index (χ2n) is 8.75. The summed E-state index contributed by atoms with van der Waals surface area (Å²) < 4.78 is 32.0. The first-order valence-corrected chi connectivity index (χ1v) is 13.3. The van der Waals surface area contributed by atoms with E-state index in [0.717, 1.165) is 55.8 Å². The molecule has 1 aliphatic heterocycles. The van der Waals surface area contributed by atoms with Gasteiger partial charge in [0.2, 0.25) is 15.9 Å². The van der Waals surface area contributed by atoms with Crippen LogP contribution in [0, 0.1) is 13.8 Å². The number of sulfonamides is 1. The highest BCUT2D eigenvalue weighted by atomic mass is 32.2. The molecule has 0 bridgehead atoms. The lowest BCUT2D eigenvalue weighted by molar-refractivity contribution is -0.122. The lowest BCUT2D eigenvalue weighted by Gasteiger charge is -2.30. The SMILES string of the molecule is CC[C@@H](C(=O)NCc1ccc(CN2CCOCC2)cc1)N(c1cc(C)cc(C)c1)S(C)(=O)=O. The number of anilines is 1. The number of amides is 1. The van der Waals surface area contributed by atoms with Gasteiger partial charge in [-0.05, 0) is 54.7 Å². The second kappa shape index (κ2) is 11.1. The molecule has 1 fully saturated rings. The van der Waals surface area contributed by atoms with Gasteiger partial charge in [-0.2, -0.15) is 0 Å². The molecule has 0 radical (unpaired) electrons. The highest BCUT2D eigenvalue weighted by Gasteiger charge is 2.31. The van der Waals surface area contributed by atoms with Gasteiger partial charge in [-0.1, -0.05) is 37.3 Å². The Balaban J connectivity index is 1.67. The Kier molecular flexibility index (Phi) is 8.51. The molecule has 0 spiro atoms. The average molecular weight is 474 g/mol. The van der Waals surface area contributed by atoms with Crippen molar-refractivity contribution < 1.29 is 17.9 Å². The quantitative estimate of drug-likeness (QED) is 0.606. The molecule has 0 aliphatic carbocycles. The van der Waals surface area contributed by atoms with Crippen molar-refractivity contribution in [3.63, 3.8) is 0 Å². The van der Waals surface area contributed by atoms with Crippen LogP contribution in [0.15, 0.2) is 42.5 Å². The number of aryl methyl sites for hydroxylation is 2. The van der Waals surface area contributed by atoms with Crippen LogP contribution in [-0.2, 0) is 32.6 Å². The van der Waals surface area contributed by atoms with Crippen LogP contribution < -0.4 is 9.62 Å².